The fraction of sp³-hybridized carbons (Fsp3) is 0.923. The van der Waals surface area contributed by atoms with Crippen LogP contribution in [0.4, 0.5) is 0 Å². The Labute approximate surface area is 104 Å². The van der Waals surface area contributed by atoms with Crippen LogP contribution in [0.3, 0.4) is 0 Å². The maximum Gasteiger partial charge on any atom is 0.220 e. The summed E-state index contributed by atoms with van der Waals surface area (Å²) < 4.78 is 5.57. The van der Waals surface area contributed by atoms with Crippen LogP contribution in [-0.2, 0) is 9.53 Å². The van der Waals surface area contributed by atoms with E-state index in [-0.39, 0.29) is 18.1 Å². The zero-order chi connectivity index (χ0) is 12.5. The van der Waals surface area contributed by atoms with E-state index in [2.05, 4.69) is 5.32 Å². The van der Waals surface area contributed by atoms with Crippen LogP contribution in [0, 0.1) is 0 Å². The minimum Gasteiger partial charge on any atom is -0.393 e. The Morgan fingerprint density at radius 2 is 2.35 bits per heavy atom. The molecule has 4 heteroatoms. The highest BCUT2D eigenvalue weighted by Gasteiger charge is 2.14. The number of ether oxygens (including phenoxy) is 1. The Hall–Kier alpha value is -0.610. The summed E-state index contributed by atoms with van der Waals surface area (Å²) in [5, 5.41) is 11.9. The van der Waals surface area contributed by atoms with Crippen molar-refractivity contribution in [3.8, 4) is 0 Å². The van der Waals surface area contributed by atoms with E-state index in [0.29, 0.717) is 13.0 Å². The Morgan fingerprint density at radius 3 is 3.00 bits per heavy atom. The molecule has 0 aromatic carbocycles. The summed E-state index contributed by atoms with van der Waals surface area (Å²) in [5.41, 5.74) is 0. The van der Waals surface area contributed by atoms with E-state index in [0.717, 1.165) is 38.7 Å². The third kappa shape index (κ3) is 7.34. The van der Waals surface area contributed by atoms with Crippen LogP contribution in [0.25, 0.3) is 0 Å². The number of hydrogen-bond donors (Lipinski definition) is 2. The minimum absolute atomic E-state index is 0.102. The molecule has 1 rings (SSSR count). The predicted octanol–water partition coefficient (Wildman–Crippen LogP) is 1.61. The molecule has 100 valence electrons. The van der Waals surface area contributed by atoms with Crippen molar-refractivity contribution in [2.75, 3.05) is 13.2 Å². The lowest BCUT2D eigenvalue weighted by Gasteiger charge is -2.22. The number of rotatable bonds is 7. The molecule has 0 saturated carbocycles. The third-order valence-electron chi connectivity index (χ3n) is 3.09. The fourth-order valence-corrected chi connectivity index (χ4v) is 2.04. The van der Waals surface area contributed by atoms with Gasteiger partial charge in [0.15, 0.2) is 0 Å². The van der Waals surface area contributed by atoms with Crippen molar-refractivity contribution in [2.45, 2.75) is 64.1 Å². The second-order valence-electron chi connectivity index (χ2n) is 4.87. The molecule has 0 aromatic heterocycles. The summed E-state index contributed by atoms with van der Waals surface area (Å²) >= 11 is 0. The van der Waals surface area contributed by atoms with E-state index < -0.39 is 0 Å². The Balaban J connectivity index is 1.96. The highest BCUT2D eigenvalue weighted by Crippen LogP contribution is 2.16. The van der Waals surface area contributed by atoms with Crippen LogP contribution in [0.1, 0.15) is 51.9 Å². The molecule has 2 atom stereocenters. The summed E-state index contributed by atoms with van der Waals surface area (Å²) in [6.07, 6.45) is 6.45. The van der Waals surface area contributed by atoms with Gasteiger partial charge < -0.3 is 15.2 Å². The van der Waals surface area contributed by atoms with E-state index in [1.807, 2.05) is 0 Å². The molecular weight excluding hydrogens is 218 g/mol. The monoisotopic (exact) mass is 243 g/mol. The molecule has 0 aliphatic carbocycles. The molecule has 0 spiro atoms. The summed E-state index contributed by atoms with van der Waals surface area (Å²) in [6.45, 7) is 3.28. The highest BCUT2D eigenvalue weighted by molar-refractivity contribution is 5.75. The van der Waals surface area contributed by atoms with E-state index in [1.165, 1.54) is 6.42 Å². The molecular formula is C13H25NO3. The number of nitrogens with one attached hydrogen (secondary N) is 1. The average molecular weight is 243 g/mol. The Bertz CT molecular complexity index is 213. The van der Waals surface area contributed by atoms with Gasteiger partial charge in [0.2, 0.25) is 5.91 Å². The number of carbonyl (C=O) groups excluding carboxylic acids is 1. The SMILES string of the molecule is CC(O)CCCNC(=O)CCC1CCCCO1. The summed E-state index contributed by atoms with van der Waals surface area (Å²) in [7, 11) is 0. The molecule has 1 aliphatic rings. The Morgan fingerprint density at radius 1 is 1.53 bits per heavy atom. The number of carbonyl (C=O) groups is 1. The molecule has 0 aromatic rings. The average Bonchev–Trinajstić information content (AvgIpc) is 2.33. The van der Waals surface area contributed by atoms with E-state index >= 15 is 0 Å². The fourth-order valence-electron chi connectivity index (χ4n) is 2.04. The van der Waals surface area contributed by atoms with Gasteiger partial charge in [-0.05, 0) is 45.4 Å². The number of aliphatic hydroxyl groups is 1. The van der Waals surface area contributed by atoms with Crippen molar-refractivity contribution in [2.24, 2.45) is 0 Å². The van der Waals surface area contributed by atoms with Crippen LogP contribution in [0.2, 0.25) is 0 Å². The maximum atomic E-state index is 11.5. The zero-order valence-electron chi connectivity index (χ0n) is 10.8. The van der Waals surface area contributed by atoms with Crippen LogP contribution >= 0.6 is 0 Å². The first-order valence-corrected chi connectivity index (χ1v) is 6.75. The van der Waals surface area contributed by atoms with Gasteiger partial charge in [-0.3, -0.25) is 4.79 Å². The lowest BCUT2D eigenvalue weighted by molar-refractivity contribution is -0.122. The largest absolute Gasteiger partial charge is 0.393 e. The van der Waals surface area contributed by atoms with Crippen molar-refractivity contribution >= 4 is 5.91 Å². The lowest BCUT2D eigenvalue weighted by atomic mass is 10.0. The first-order valence-electron chi connectivity index (χ1n) is 6.75. The van der Waals surface area contributed by atoms with Gasteiger partial charge in [0.25, 0.3) is 0 Å². The third-order valence-corrected chi connectivity index (χ3v) is 3.09. The van der Waals surface area contributed by atoms with Gasteiger partial charge in [0, 0.05) is 19.6 Å². The van der Waals surface area contributed by atoms with Crippen molar-refractivity contribution in [3.05, 3.63) is 0 Å². The lowest BCUT2D eigenvalue weighted by Crippen LogP contribution is -2.27. The molecule has 1 amide bonds. The van der Waals surface area contributed by atoms with Gasteiger partial charge >= 0.3 is 0 Å². The van der Waals surface area contributed by atoms with Gasteiger partial charge in [-0.1, -0.05) is 0 Å². The molecule has 0 bridgehead atoms. The van der Waals surface area contributed by atoms with E-state index in [9.17, 15) is 4.79 Å². The Kier molecular flexibility index (Phi) is 7.21. The first kappa shape index (κ1) is 14.5. The molecule has 4 nitrogen and oxygen atoms in total. The van der Waals surface area contributed by atoms with Crippen molar-refractivity contribution < 1.29 is 14.6 Å². The second kappa shape index (κ2) is 8.48. The molecule has 17 heavy (non-hydrogen) atoms. The number of hydrogen-bond acceptors (Lipinski definition) is 3. The van der Waals surface area contributed by atoms with Crippen LogP contribution in [-0.4, -0.2) is 36.4 Å². The van der Waals surface area contributed by atoms with Gasteiger partial charge in [0.05, 0.1) is 12.2 Å². The van der Waals surface area contributed by atoms with Crippen LogP contribution in [0.15, 0.2) is 0 Å². The summed E-state index contributed by atoms with van der Waals surface area (Å²) in [5.74, 6) is 0.102. The van der Waals surface area contributed by atoms with Gasteiger partial charge in [-0.25, -0.2) is 0 Å². The number of aliphatic hydroxyl groups excluding tert-OH is 1. The van der Waals surface area contributed by atoms with Gasteiger partial charge in [-0.15, -0.1) is 0 Å². The molecule has 2 unspecified atom stereocenters. The number of amides is 1. The van der Waals surface area contributed by atoms with E-state index in [1.54, 1.807) is 6.92 Å². The van der Waals surface area contributed by atoms with Gasteiger partial charge in [-0.2, -0.15) is 0 Å². The van der Waals surface area contributed by atoms with E-state index in [4.69, 9.17) is 9.84 Å². The molecule has 2 N–H and O–H groups in total. The van der Waals surface area contributed by atoms with Crippen LogP contribution < -0.4 is 5.32 Å². The first-order chi connectivity index (χ1) is 8.18. The van der Waals surface area contributed by atoms with Crippen molar-refractivity contribution in [1.29, 1.82) is 0 Å². The molecule has 1 saturated heterocycles. The summed E-state index contributed by atoms with van der Waals surface area (Å²) in [6, 6.07) is 0. The normalized spacial score (nSPS) is 22.1. The van der Waals surface area contributed by atoms with Crippen LogP contribution in [0.5, 0.6) is 0 Å². The standard InChI is InChI=1S/C13H25NO3/c1-11(15)5-4-9-14-13(16)8-7-12-6-2-3-10-17-12/h11-12,15H,2-10H2,1H3,(H,14,16). The molecule has 1 fully saturated rings. The smallest absolute Gasteiger partial charge is 0.220 e. The minimum atomic E-state index is -0.275. The molecule has 1 aliphatic heterocycles. The van der Waals surface area contributed by atoms with Crippen molar-refractivity contribution in [3.63, 3.8) is 0 Å². The topological polar surface area (TPSA) is 58.6 Å². The van der Waals surface area contributed by atoms with Gasteiger partial charge in [0.1, 0.15) is 0 Å². The quantitative estimate of drug-likeness (QED) is 0.668. The zero-order valence-corrected chi connectivity index (χ0v) is 10.8. The second-order valence-corrected chi connectivity index (χ2v) is 4.87. The molecule has 1 heterocycles. The maximum absolute atomic E-state index is 11.5. The predicted molar refractivity (Wildman–Crippen MR) is 66.7 cm³/mol. The highest BCUT2D eigenvalue weighted by atomic mass is 16.5. The summed E-state index contributed by atoms with van der Waals surface area (Å²) in [4.78, 5) is 11.5. The molecule has 0 radical (unpaired) electrons. The van der Waals surface area contributed by atoms with Crippen molar-refractivity contribution in [1.82, 2.24) is 5.32 Å².